The molecule has 0 aliphatic heterocycles. The van der Waals surface area contributed by atoms with E-state index in [4.69, 9.17) is 11.1 Å². The van der Waals surface area contributed by atoms with E-state index >= 15 is 0 Å². The number of hydrogen-bond donors (Lipinski definition) is 2. The maximum atomic E-state index is 9.73. The van der Waals surface area contributed by atoms with Crippen LogP contribution in [0.4, 0.5) is 0 Å². The van der Waals surface area contributed by atoms with Crippen molar-refractivity contribution in [2.45, 2.75) is 13.0 Å². The predicted octanol–water partition coefficient (Wildman–Crippen LogP) is 0.00937. The number of amidine groups is 1. The normalized spacial score (nSPS) is 11.2. The largest absolute Gasteiger partial charge is 0.382 e. The van der Waals surface area contributed by atoms with Crippen molar-refractivity contribution in [2.75, 3.05) is 0 Å². The van der Waals surface area contributed by atoms with Crippen molar-refractivity contribution in [3.8, 4) is 0 Å². The van der Waals surface area contributed by atoms with Crippen molar-refractivity contribution in [1.29, 1.82) is 5.41 Å². The zero-order chi connectivity index (χ0) is 6.73. The second kappa shape index (κ2) is 4.08. The highest BCUT2D eigenvalue weighted by Gasteiger charge is 2.14. The Hall–Kier alpha value is -0.840. The Morgan fingerprint density at radius 3 is 2.22 bits per heavy atom. The van der Waals surface area contributed by atoms with Crippen LogP contribution in [0.1, 0.15) is 6.92 Å². The van der Waals surface area contributed by atoms with Gasteiger partial charge in [-0.25, -0.2) is 0 Å². The van der Waals surface area contributed by atoms with E-state index in [9.17, 15) is 10.1 Å². The molecule has 3 N–H and O–H groups in total. The van der Waals surface area contributed by atoms with E-state index in [1.807, 2.05) is 0 Å². The molecule has 0 saturated carbocycles. The number of halogens is 1. The summed E-state index contributed by atoms with van der Waals surface area (Å²) in [6, 6.07) is -1.05. The minimum absolute atomic E-state index is 0. The van der Waals surface area contributed by atoms with E-state index in [2.05, 4.69) is 0 Å². The molecular weight excluding hydrogens is 146 g/mol. The van der Waals surface area contributed by atoms with Crippen LogP contribution in [0.3, 0.4) is 0 Å². The molecule has 0 fully saturated rings. The maximum absolute atomic E-state index is 9.73. The van der Waals surface area contributed by atoms with Crippen LogP contribution in [0.5, 0.6) is 0 Å². The average molecular weight is 154 g/mol. The van der Waals surface area contributed by atoms with E-state index in [-0.39, 0.29) is 12.4 Å². The van der Waals surface area contributed by atoms with Gasteiger partial charge in [-0.15, -0.1) is 12.4 Å². The third kappa shape index (κ3) is 3.72. The lowest BCUT2D eigenvalue weighted by Gasteiger charge is -1.97. The fourth-order valence-corrected chi connectivity index (χ4v) is 0.114. The molecular formula is C3H8ClN3O2. The van der Waals surface area contributed by atoms with Crippen LogP contribution in [-0.4, -0.2) is 16.8 Å². The van der Waals surface area contributed by atoms with Gasteiger partial charge in [0.05, 0.1) is 0 Å². The number of nitrogens with zero attached hydrogens (tertiary/aromatic N) is 1. The fraction of sp³-hybridized carbons (Fsp3) is 0.667. The van der Waals surface area contributed by atoms with Crippen LogP contribution in [-0.2, 0) is 0 Å². The highest BCUT2D eigenvalue weighted by molar-refractivity contribution is 5.85. The minimum Gasteiger partial charge on any atom is -0.382 e. The highest BCUT2D eigenvalue weighted by Crippen LogP contribution is 1.83. The van der Waals surface area contributed by atoms with Crippen molar-refractivity contribution in [3.05, 3.63) is 10.1 Å². The van der Waals surface area contributed by atoms with Gasteiger partial charge in [0.15, 0.2) is 5.84 Å². The SMILES string of the molecule is CC(C(=N)N)[N+](=O)[O-].Cl. The van der Waals surface area contributed by atoms with Gasteiger partial charge in [-0.1, -0.05) is 0 Å². The maximum Gasteiger partial charge on any atom is 0.265 e. The number of nitro groups is 1. The Labute approximate surface area is 58.3 Å². The van der Waals surface area contributed by atoms with E-state index in [0.717, 1.165) is 0 Å². The zero-order valence-corrected chi connectivity index (χ0v) is 5.64. The lowest BCUT2D eigenvalue weighted by atomic mass is 10.3. The van der Waals surface area contributed by atoms with E-state index in [1.54, 1.807) is 0 Å². The Morgan fingerprint density at radius 1 is 1.89 bits per heavy atom. The van der Waals surface area contributed by atoms with Crippen molar-refractivity contribution in [3.63, 3.8) is 0 Å². The van der Waals surface area contributed by atoms with Gasteiger partial charge in [0.1, 0.15) is 0 Å². The Balaban J connectivity index is 0. The molecule has 0 spiro atoms. The van der Waals surface area contributed by atoms with Gasteiger partial charge < -0.3 is 5.73 Å². The molecule has 0 aromatic heterocycles. The van der Waals surface area contributed by atoms with Gasteiger partial charge in [-0.05, 0) is 0 Å². The third-order valence-electron chi connectivity index (χ3n) is 0.766. The van der Waals surface area contributed by atoms with Gasteiger partial charge in [0, 0.05) is 11.8 Å². The molecule has 0 aliphatic carbocycles. The lowest BCUT2D eigenvalue weighted by molar-refractivity contribution is -0.498. The van der Waals surface area contributed by atoms with E-state index < -0.39 is 16.8 Å². The second-order valence-electron chi connectivity index (χ2n) is 1.42. The van der Waals surface area contributed by atoms with Gasteiger partial charge in [-0.2, -0.15) is 0 Å². The number of rotatable bonds is 2. The first kappa shape index (κ1) is 11.0. The van der Waals surface area contributed by atoms with Crippen molar-refractivity contribution < 1.29 is 4.92 Å². The lowest BCUT2D eigenvalue weighted by Crippen LogP contribution is -2.31. The second-order valence-corrected chi connectivity index (χ2v) is 1.42. The molecule has 54 valence electrons. The molecule has 0 amide bonds. The summed E-state index contributed by atoms with van der Waals surface area (Å²) in [6.07, 6.45) is 0. The summed E-state index contributed by atoms with van der Waals surface area (Å²) in [4.78, 5) is 9.12. The molecule has 0 saturated heterocycles. The smallest absolute Gasteiger partial charge is 0.265 e. The molecule has 9 heavy (non-hydrogen) atoms. The summed E-state index contributed by atoms with van der Waals surface area (Å²) in [5, 5.41) is 16.3. The number of nitrogens with one attached hydrogen (secondary N) is 1. The van der Waals surface area contributed by atoms with Crippen molar-refractivity contribution >= 4 is 18.2 Å². The first-order valence-corrected chi connectivity index (χ1v) is 2.03. The number of hydrogen-bond acceptors (Lipinski definition) is 3. The van der Waals surface area contributed by atoms with E-state index in [1.165, 1.54) is 6.92 Å². The Bertz CT molecular complexity index is 112. The van der Waals surface area contributed by atoms with Crippen LogP contribution in [0.15, 0.2) is 0 Å². The summed E-state index contributed by atoms with van der Waals surface area (Å²) >= 11 is 0. The quantitative estimate of drug-likeness (QED) is 0.253. The molecule has 0 aromatic carbocycles. The summed E-state index contributed by atoms with van der Waals surface area (Å²) in [6.45, 7) is 1.27. The first-order chi connectivity index (χ1) is 3.55. The molecule has 5 nitrogen and oxygen atoms in total. The molecule has 0 heterocycles. The molecule has 1 atom stereocenters. The Morgan fingerprint density at radius 2 is 2.22 bits per heavy atom. The summed E-state index contributed by atoms with van der Waals surface area (Å²) < 4.78 is 0. The van der Waals surface area contributed by atoms with Gasteiger partial charge >= 0.3 is 0 Å². The van der Waals surface area contributed by atoms with Crippen LogP contribution >= 0.6 is 12.4 Å². The van der Waals surface area contributed by atoms with E-state index in [0.29, 0.717) is 0 Å². The monoisotopic (exact) mass is 153 g/mol. The zero-order valence-electron chi connectivity index (χ0n) is 4.83. The van der Waals surface area contributed by atoms with Gasteiger partial charge in [0.2, 0.25) is 0 Å². The van der Waals surface area contributed by atoms with Gasteiger partial charge in [-0.3, -0.25) is 15.5 Å². The highest BCUT2D eigenvalue weighted by atomic mass is 35.5. The first-order valence-electron chi connectivity index (χ1n) is 2.03. The summed E-state index contributed by atoms with van der Waals surface area (Å²) in [5.74, 6) is -0.407. The molecule has 1 unspecified atom stereocenters. The summed E-state index contributed by atoms with van der Waals surface area (Å²) in [5.41, 5.74) is 4.78. The molecule has 0 rings (SSSR count). The minimum atomic E-state index is -1.05. The topological polar surface area (TPSA) is 93.0 Å². The van der Waals surface area contributed by atoms with Crippen LogP contribution in [0, 0.1) is 15.5 Å². The summed E-state index contributed by atoms with van der Waals surface area (Å²) in [7, 11) is 0. The molecule has 0 aliphatic rings. The van der Waals surface area contributed by atoms with Crippen molar-refractivity contribution in [1.82, 2.24) is 0 Å². The molecule has 0 aromatic rings. The molecule has 0 radical (unpaired) electrons. The molecule has 0 bridgehead atoms. The standard InChI is InChI=1S/C3H7N3O2.ClH/c1-2(3(4)5)6(7)8;/h2H,1H3,(H3,4,5);1H. The van der Waals surface area contributed by atoms with Gasteiger partial charge in [0.25, 0.3) is 6.04 Å². The fourth-order valence-electron chi connectivity index (χ4n) is 0.114. The molecule has 6 heteroatoms. The third-order valence-corrected chi connectivity index (χ3v) is 0.766. The Kier molecular flexibility index (Phi) is 5.00. The van der Waals surface area contributed by atoms with Crippen molar-refractivity contribution in [2.24, 2.45) is 5.73 Å². The van der Waals surface area contributed by atoms with Crippen LogP contribution in [0.2, 0.25) is 0 Å². The van der Waals surface area contributed by atoms with Crippen LogP contribution < -0.4 is 5.73 Å². The van der Waals surface area contributed by atoms with Crippen LogP contribution in [0.25, 0.3) is 0 Å². The predicted molar refractivity (Wildman–Crippen MR) is 35.6 cm³/mol. The average Bonchev–Trinajstić information content (AvgIpc) is 1.64. The number of nitrogens with two attached hydrogens (primary N) is 1.